The molecule has 0 bridgehead atoms. The molecule has 0 N–H and O–H groups in total. The molecule has 15 rings (SSSR count). The summed E-state index contributed by atoms with van der Waals surface area (Å²) in [6.07, 6.45) is 0. The molecule has 3 atom stereocenters. The molecule has 10 aromatic carbocycles. The first-order valence-corrected chi connectivity index (χ1v) is 29.2. The van der Waals surface area contributed by atoms with E-state index in [1.807, 2.05) is 0 Å². The van der Waals surface area contributed by atoms with Crippen LogP contribution in [0.4, 0.5) is 34.1 Å². The van der Waals surface area contributed by atoms with Crippen LogP contribution in [0.3, 0.4) is 0 Å². The van der Waals surface area contributed by atoms with Crippen LogP contribution in [0.25, 0.3) is 44.5 Å². The second-order valence-electron chi connectivity index (χ2n) is 26.4. The van der Waals surface area contributed by atoms with Gasteiger partial charge in [0.1, 0.15) is 0 Å². The molecule has 0 heterocycles. The van der Waals surface area contributed by atoms with Crippen molar-refractivity contribution in [3.05, 3.63) is 274 Å². The van der Waals surface area contributed by atoms with Crippen molar-refractivity contribution < 1.29 is 0 Å². The Morgan fingerprint density at radius 3 is 0.887 bits per heavy atom. The van der Waals surface area contributed by atoms with E-state index >= 15 is 0 Å². The van der Waals surface area contributed by atoms with Gasteiger partial charge in [0.05, 0.1) is 0 Å². The van der Waals surface area contributed by atoms with Crippen molar-refractivity contribution in [1.29, 1.82) is 0 Å². The van der Waals surface area contributed by atoms with Crippen molar-refractivity contribution >= 4 is 34.1 Å². The van der Waals surface area contributed by atoms with Crippen molar-refractivity contribution in [2.45, 2.75) is 109 Å². The summed E-state index contributed by atoms with van der Waals surface area (Å²) >= 11 is 0. The van der Waals surface area contributed by atoms with Gasteiger partial charge in [-0.3, -0.25) is 0 Å². The zero-order chi connectivity index (χ0) is 55.0. The predicted molar refractivity (Wildman–Crippen MR) is 337 cm³/mol. The maximum atomic E-state index is 2.55. The van der Waals surface area contributed by atoms with Crippen LogP contribution in [0.15, 0.2) is 212 Å². The average molecular weight is 1040 g/mol. The smallest absolute Gasteiger partial charge is 0.0465 e. The number of fused-ring (bicyclic) bond motifs is 13. The van der Waals surface area contributed by atoms with Gasteiger partial charge < -0.3 is 9.80 Å². The molecule has 0 amide bonds. The normalized spacial score (nSPS) is 19.9. The lowest BCUT2D eigenvalue weighted by molar-refractivity contribution is 0.369. The van der Waals surface area contributed by atoms with E-state index in [0.717, 1.165) is 5.69 Å². The molecule has 392 valence electrons. The Morgan fingerprint density at radius 1 is 0.263 bits per heavy atom. The van der Waals surface area contributed by atoms with Crippen molar-refractivity contribution in [3.63, 3.8) is 0 Å². The maximum Gasteiger partial charge on any atom is 0.0465 e. The van der Waals surface area contributed by atoms with Crippen LogP contribution in [0, 0.1) is 5.92 Å². The Bertz CT molecular complexity index is 4040. The molecular formula is C78H70N2. The quantitative estimate of drug-likeness (QED) is 0.157. The van der Waals surface area contributed by atoms with Gasteiger partial charge in [-0.15, -0.1) is 0 Å². The molecule has 5 aliphatic carbocycles. The molecule has 0 aliphatic heterocycles. The summed E-state index contributed by atoms with van der Waals surface area (Å²) in [5.74, 6) is 0.676. The first-order valence-electron chi connectivity index (χ1n) is 29.2. The van der Waals surface area contributed by atoms with Gasteiger partial charge >= 0.3 is 0 Å². The van der Waals surface area contributed by atoms with E-state index in [2.05, 4.69) is 298 Å². The van der Waals surface area contributed by atoms with Gasteiger partial charge in [0.2, 0.25) is 0 Å². The van der Waals surface area contributed by atoms with Gasteiger partial charge in [0.25, 0.3) is 0 Å². The number of hydrogen-bond acceptors (Lipinski definition) is 2. The third-order valence-corrected chi connectivity index (χ3v) is 21.0. The van der Waals surface area contributed by atoms with E-state index in [4.69, 9.17) is 0 Å². The molecule has 0 saturated heterocycles. The highest BCUT2D eigenvalue weighted by Crippen LogP contribution is 2.59. The SMILES string of the molecule is CC1c2cc(N(c3ccc4c(c3)C(C)(C)c3ccccc3-4)c3ccc4c(c3)C(C)(C)c3ccccc3-4)ccc2C(C)(c2ccc(N(c3ccc4c(c3)C(C)(C)c3ccccc3-4)c3ccc4c(c3)C(C)(C)c3ccccc3-4)cc2)C1C. The number of anilines is 6. The molecule has 0 aromatic heterocycles. The fraction of sp³-hybridized carbons (Fsp3) is 0.231. The van der Waals surface area contributed by atoms with Gasteiger partial charge in [0, 0.05) is 61.2 Å². The monoisotopic (exact) mass is 1030 g/mol. The minimum Gasteiger partial charge on any atom is -0.310 e. The lowest BCUT2D eigenvalue weighted by Crippen LogP contribution is -2.28. The Hall–Kier alpha value is -8.20. The van der Waals surface area contributed by atoms with Crippen LogP contribution in [0.1, 0.15) is 143 Å². The Morgan fingerprint density at radius 2 is 0.537 bits per heavy atom. The Labute approximate surface area is 474 Å². The van der Waals surface area contributed by atoms with Gasteiger partial charge in [-0.25, -0.2) is 0 Å². The van der Waals surface area contributed by atoms with Crippen molar-refractivity contribution in [3.8, 4) is 44.5 Å². The molecule has 0 saturated carbocycles. The van der Waals surface area contributed by atoms with Crippen LogP contribution in [0.5, 0.6) is 0 Å². The minimum absolute atomic E-state index is 0.123. The molecule has 80 heavy (non-hydrogen) atoms. The Balaban J connectivity index is 0.838. The summed E-state index contributed by atoms with van der Waals surface area (Å²) in [4.78, 5) is 5.06. The first-order chi connectivity index (χ1) is 38.4. The van der Waals surface area contributed by atoms with Crippen molar-refractivity contribution in [1.82, 2.24) is 0 Å². The molecule has 0 radical (unpaired) electrons. The van der Waals surface area contributed by atoms with E-state index in [-0.39, 0.29) is 27.1 Å². The molecule has 0 spiro atoms. The second-order valence-corrected chi connectivity index (χ2v) is 26.4. The van der Waals surface area contributed by atoms with Crippen molar-refractivity contribution in [2.24, 2.45) is 5.92 Å². The molecule has 0 fully saturated rings. The lowest BCUT2D eigenvalue weighted by Gasteiger charge is -2.34. The number of rotatable bonds is 7. The maximum absolute atomic E-state index is 2.55. The fourth-order valence-electron chi connectivity index (χ4n) is 16.1. The molecule has 3 unspecified atom stereocenters. The summed E-state index contributed by atoms with van der Waals surface area (Å²) in [6, 6.07) is 81.9. The highest BCUT2D eigenvalue weighted by atomic mass is 15.1. The molecule has 5 aliphatic rings. The predicted octanol–water partition coefficient (Wildman–Crippen LogP) is 20.9. The van der Waals surface area contributed by atoms with E-state index in [0.29, 0.717) is 11.8 Å². The first kappa shape index (κ1) is 48.9. The molecule has 2 nitrogen and oxygen atoms in total. The average Bonchev–Trinajstić information content (AvgIpc) is 4.06. The van der Waals surface area contributed by atoms with E-state index in [1.165, 1.54) is 134 Å². The number of nitrogens with zero attached hydrogens (tertiary/aromatic N) is 2. The summed E-state index contributed by atoms with van der Waals surface area (Å²) in [5, 5.41) is 0. The standard InChI is InChI=1S/C78H70N2/c1-47-48(2)78(11,49-28-30-50(31-29-49)79(52-32-37-60-56-20-12-16-24-65(56)74(3,4)70(60)43-52)53-33-38-61-57-21-13-17-25-66(57)75(5,6)71(61)44-53)69-41-36-51(42-64(47)69)80(54-34-39-62-58-22-14-18-26-67(58)76(7,8)72(62)45-54)55-35-40-63-59-23-15-19-27-68(59)77(9,10)73(63)46-55/h12-48H,1-11H3. The van der Waals surface area contributed by atoms with E-state index < -0.39 is 0 Å². The summed E-state index contributed by atoms with van der Waals surface area (Å²) in [7, 11) is 0. The van der Waals surface area contributed by atoms with E-state index in [1.54, 1.807) is 0 Å². The third-order valence-electron chi connectivity index (χ3n) is 21.0. The fourth-order valence-corrected chi connectivity index (χ4v) is 16.1. The van der Waals surface area contributed by atoms with Gasteiger partial charge in [-0.1, -0.05) is 216 Å². The highest BCUT2D eigenvalue weighted by molar-refractivity contribution is 5.91. The molecule has 10 aromatic rings. The third kappa shape index (κ3) is 6.54. The zero-order valence-electron chi connectivity index (χ0n) is 48.3. The van der Waals surface area contributed by atoms with E-state index in [9.17, 15) is 0 Å². The van der Waals surface area contributed by atoms with Crippen LogP contribution >= 0.6 is 0 Å². The van der Waals surface area contributed by atoms with Crippen LogP contribution < -0.4 is 9.80 Å². The van der Waals surface area contributed by atoms with Crippen molar-refractivity contribution in [2.75, 3.05) is 9.80 Å². The largest absolute Gasteiger partial charge is 0.310 e. The zero-order valence-corrected chi connectivity index (χ0v) is 48.3. The van der Waals surface area contributed by atoms with Gasteiger partial charge in [-0.2, -0.15) is 0 Å². The second kappa shape index (κ2) is 16.7. The molecule has 2 heteroatoms. The molecular weight excluding hydrogens is 965 g/mol. The van der Waals surface area contributed by atoms with Crippen LogP contribution in [0.2, 0.25) is 0 Å². The highest BCUT2D eigenvalue weighted by Gasteiger charge is 2.47. The van der Waals surface area contributed by atoms with Gasteiger partial charge in [0.15, 0.2) is 0 Å². The minimum atomic E-state index is -0.221. The Kier molecular flexibility index (Phi) is 10.2. The van der Waals surface area contributed by atoms with Crippen LogP contribution in [-0.2, 0) is 27.1 Å². The summed E-state index contributed by atoms with van der Waals surface area (Å²) < 4.78 is 0. The summed E-state index contributed by atoms with van der Waals surface area (Å²) in [5.41, 5.74) is 32.4. The number of benzene rings is 10. The lowest BCUT2D eigenvalue weighted by atomic mass is 9.70. The number of hydrogen-bond donors (Lipinski definition) is 0. The van der Waals surface area contributed by atoms with Crippen LogP contribution in [-0.4, -0.2) is 0 Å². The topological polar surface area (TPSA) is 6.48 Å². The van der Waals surface area contributed by atoms with Gasteiger partial charge in [-0.05, 0) is 190 Å². The summed E-state index contributed by atoms with van der Waals surface area (Å²) in [6.45, 7) is 26.6.